The van der Waals surface area contributed by atoms with Crippen molar-refractivity contribution in [2.24, 2.45) is 10.9 Å². The zero-order chi connectivity index (χ0) is 19.6. The van der Waals surface area contributed by atoms with Crippen LogP contribution in [0.3, 0.4) is 0 Å². The highest BCUT2D eigenvalue weighted by molar-refractivity contribution is 5.79. The Balaban J connectivity index is 2.02. The fourth-order valence-electron chi connectivity index (χ4n) is 3.28. The third kappa shape index (κ3) is 13.9. The molecule has 1 atom stereocenters. The molecule has 1 fully saturated rings. The summed E-state index contributed by atoms with van der Waals surface area (Å²) < 4.78 is 11.1. The molecule has 1 saturated heterocycles. The van der Waals surface area contributed by atoms with E-state index in [1.807, 2.05) is 0 Å². The van der Waals surface area contributed by atoms with Crippen molar-refractivity contribution in [3.05, 3.63) is 0 Å². The summed E-state index contributed by atoms with van der Waals surface area (Å²) in [6.45, 7) is 15.8. The Bertz CT molecular complexity index is 366. The second-order valence-corrected chi connectivity index (χ2v) is 7.52. The topological polar surface area (TPSA) is 58.1 Å². The van der Waals surface area contributed by atoms with Crippen LogP contribution < -0.4 is 10.6 Å². The first-order valence-electron chi connectivity index (χ1n) is 11.2. The molecular weight excluding hydrogens is 340 g/mol. The number of unbranched alkanes of at least 4 members (excludes halogenated alkanes) is 2. The normalized spacial score (nSPS) is 18.6. The predicted molar refractivity (Wildman–Crippen MR) is 115 cm³/mol. The van der Waals surface area contributed by atoms with Crippen LogP contribution in [0, 0.1) is 5.92 Å². The van der Waals surface area contributed by atoms with Crippen LogP contribution in [0.1, 0.15) is 59.3 Å². The first-order valence-corrected chi connectivity index (χ1v) is 11.2. The molecule has 0 aromatic carbocycles. The quantitative estimate of drug-likeness (QED) is 0.258. The maximum atomic E-state index is 5.59. The largest absolute Gasteiger partial charge is 0.379 e. The van der Waals surface area contributed by atoms with Crippen molar-refractivity contribution in [2.75, 3.05) is 65.7 Å². The number of hydrogen-bond acceptors (Lipinski definition) is 4. The molecule has 160 valence electrons. The van der Waals surface area contributed by atoms with Crippen LogP contribution in [0.15, 0.2) is 4.99 Å². The van der Waals surface area contributed by atoms with Gasteiger partial charge in [-0.25, -0.2) is 0 Å². The Kier molecular flexibility index (Phi) is 15.5. The van der Waals surface area contributed by atoms with Crippen LogP contribution in [0.4, 0.5) is 0 Å². The van der Waals surface area contributed by atoms with E-state index in [0.29, 0.717) is 19.8 Å². The van der Waals surface area contributed by atoms with Crippen molar-refractivity contribution in [2.45, 2.75) is 59.3 Å². The standard InChI is InChI=1S/C21H44N4O2/c1-4-6-15-26-17-18-27-16-12-24-21(22-5-2)23-11-7-8-13-25-14-9-10-20(3)19-25/h20H,4-19H2,1-3H3,(H2,22,23,24). The SMILES string of the molecule is CCCCOCCOCCNC(=NCCCCN1CCCC(C)C1)NCC. The molecule has 0 amide bonds. The summed E-state index contributed by atoms with van der Waals surface area (Å²) in [6, 6.07) is 0. The van der Waals surface area contributed by atoms with Gasteiger partial charge in [0.1, 0.15) is 0 Å². The lowest BCUT2D eigenvalue weighted by Crippen LogP contribution is -2.39. The molecule has 1 aliphatic heterocycles. The highest BCUT2D eigenvalue weighted by Crippen LogP contribution is 2.15. The van der Waals surface area contributed by atoms with Crippen molar-refractivity contribution >= 4 is 5.96 Å². The highest BCUT2D eigenvalue weighted by Gasteiger charge is 2.15. The number of nitrogens with zero attached hydrogens (tertiary/aromatic N) is 2. The highest BCUT2D eigenvalue weighted by atomic mass is 16.5. The average Bonchev–Trinajstić information content (AvgIpc) is 2.66. The first kappa shape index (κ1) is 24.2. The molecule has 0 aromatic heterocycles. The fraction of sp³-hybridized carbons (Fsp3) is 0.952. The van der Waals surface area contributed by atoms with E-state index in [2.05, 4.69) is 41.3 Å². The zero-order valence-corrected chi connectivity index (χ0v) is 18.1. The van der Waals surface area contributed by atoms with Crippen LogP contribution in [0.25, 0.3) is 0 Å². The smallest absolute Gasteiger partial charge is 0.191 e. The van der Waals surface area contributed by atoms with Gasteiger partial charge in [-0.15, -0.1) is 0 Å². The maximum Gasteiger partial charge on any atom is 0.191 e. The Hall–Kier alpha value is -0.850. The van der Waals surface area contributed by atoms with Gasteiger partial charge in [0.25, 0.3) is 0 Å². The van der Waals surface area contributed by atoms with Gasteiger partial charge in [-0.05, 0) is 58.0 Å². The average molecular weight is 385 g/mol. The van der Waals surface area contributed by atoms with Crippen molar-refractivity contribution in [3.8, 4) is 0 Å². The Morgan fingerprint density at radius 3 is 2.59 bits per heavy atom. The minimum absolute atomic E-state index is 0.661. The number of rotatable bonds is 15. The van der Waals surface area contributed by atoms with Crippen molar-refractivity contribution in [3.63, 3.8) is 0 Å². The molecule has 0 spiro atoms. The zero-order valence-electron chi connectivity index (χ0n) is 18.1. The third-order valence-corrected chi connectivity index (χ3v) is 4.79. The van der Waals surface area contributed by atoms with E-state index in [1.54, 1.807) is 0 Å². The third-order valence-electron chi connectivity index (χ3n) is 4.79. The summed E-state index contributed by atoms with van der Waals surface area (Å²) in [5.74, 6) is 1.76. The molecule has 0 aliphatic carbocycles. The Morgan fingerprint density at radius 1 is 1.04 bits per heavy atom. The number of aliphatic imine (C=N–C) groups is 1. The van der Waals surface area contributed by atoms with Gasteiger partial charge in [0.05, 0.1) is 19.8 Å². The van der Waals surface area contributed by atoms with Crippen molar-refractivity contribution in [1.29, 1.82) is 0 Å². The summed E-state index contributed by atoms with van der Waals surface area (Å²) in [5.41, 5.74) is 0. The van der Waals surface area contributed by atoms with E-state index >= 15 is 0 Å². The second-order valence-electron chi connectivity index (χ2n) is 7.52. The molecule has 6 nitrogen and oxygen atoms in total. The molecule has 6 heteroatoms. The maximum absolute atomic E-state index is 5.59. The van der Waals surface area contributed by atoms with Crippen LogP contribution >= 0.6 is 0 Å². The first-order chi connectivity index (χ1) is 13.3. The van der Waals surface area contributed by atoms with E-state index in [4.69, 9.17) is 9.47 Å². The minimum atomic E-state index is 0.661. The van der Waals surface area contributed by atoms with E-state index in [9.17, 15) is 0 Å². The van der Waals surface area contributed by atoms with Gasteiger partial charge in [0.15, 0.2) is 5.96 Å². The molecule has 0 bridgehead atoms. The number of likely N-dealkylation sites (tertiary alicyclic amines) is 1. The minimum Gasteiger partial charge on any atom is -0.379 e. The molecule has 1 heterocycles. The Labute approximate surface area is 167 Å². The summed E-state index contributed by atoms with van der Waals surface area (Å²) in [6.07, 6.45) is 7.44. The molecule has 0 aromatic rings. The van der Waals surface area contributed by atoms with E-state index < -0.39 is 0 Å². The van der Waals surface area contributed by atoms with Gasteiger partial charge in [0, 0.05) is 32.8 Å². The predicted octanol–water partition coefficient (Wildman–Crippen LogP) is 2.89. The number of guanidine groups is 1. The van der Waals surface area contributed by atoms with Gasteiger partial charge in [-0.2, -0.15) is 0 Å². The van der Waals surface area contributed by atoms with Gasteiger partial charge in [0.2, 0.25) is 0 Å². The molecule has 2 N–H and O–H groups in total. The van der Waals surface area contributed by atoms with Gasteiger partial charge in [-0.3, -0.25) is 4.99 Å². The van der Waals surface area contributed by atoms with Crippen LogP contribution in [-0.4, -0.2) is 76.6 Å². The van der Waals surface area contributed by atoms with Gasteiger partial charge >= 0.3 is 0 Å². The lowest BCUT2D eigenvalue weighted by molar-refractivity contribution is 0.0487. The molecular formula is C21H44N4O2. The monoisotopic (exact) mass is 384 g/mol. The lowest BCUT2D eigenvalue weighted by Gasteiger charge is -2.30. The Morgan fingerprint density at radius 2 is 1.85 bits per heavy atom. The van der Waals surface area contributed by atoms with Crippen LogP contribution in [0.2, 0.25) is 0 Å². The fourth-order valence-corrected chi connectivity index (χ4v) is 3.28. The van der Waals surface area contributed by atoms with Crippen LogP contribution in [0.5, 0.6) is 0 Å². The summed E-state index contributed by atoms with van der Waals surface area (Å²) in [7, 11) is 0. The van der Waals surface area contributed by atoms with Gasteiger partial charge < -0.3 is 25.0 Å². The molecule has 0 saturated carbocycles. The van der Waals surface area contributed by atoms with Gasteiger partial charge in [-0.1, -0.05) is 20.3 Å². The molecule has 27 heavy (non-hydrogen) atoms. The molecule has 1 rings (SSSR count). The van der Waals surface area contributed by atoms with Crippen LogP contribution in [-0.2, 0) is 9.47 Å². The molecule has 1 aliphatic rings. The number of piperidine rings is 1. The second kappa shape index (κ2) is 17.3. The van der Waals surface area contributed by atoms with E-state index in [1.165, 1.54) is 45.3 Å². The number of ether oxygens (including phenoxy) is 2. The molecule has 1 unspecified atom stereocenters. The number of nitrogens with one attached hydrogen (secondary N) is 2. The summed E-state index contributed by atoms with van der Waals surface area (Å²) in [4.78, 5) is 7.29. The number of hydrogen-bond donors (Lipinski definition) is 2. The molecule has 0 radical (unpaired) electrons. The van der Waals surface area contributed by atoms with Crippen molar-refractivity contribution in [1.82, 2.24) is 15.5 Å². The van der Waals surface area contributed by atoms with E-state index in [0.717, 1.165) is 51.0 Å². The van der Waals surface area contributed by atoms with E-state index in [-0.39, 0.29) is 0 Å². The van der Waals surface area contributed by atoms with Crippen molar-refractivity contribution < 1.29 is 9.47 Å². The lowest BCUT2D eigenvalue weighted by atomic mass is 10.0. The summed E-state index contributed by atoms with van der Waals surface area (Å²) >= 11 is 0. The summed E-state index contributed by atoms with van der Waals surface area (Å²) in [5, 5.41) is 6.64.